The van der Waals surface area contributed by atoms with Crippen LogP contribution in [0.15, 0.2) is 60.7 Å². The molecule has 0 radical (unpaired) electrons. The molecule has 14 nitrogen and oxygen atoms in total. The molecular weight excluding hydrogens is 725 g/mol. The first kappa shape index (κ1) is 43.5. The third-order valence-electron chi connectivity index (χ3n) is 9.72. The second-order valence-corrected chi connectivity index (χ2v) is 17.9. The van der Waals surface area contributed by atoms with Gasteiger partial charge in [-0.05, 0) is 55.6 Å². The Morgan fingerprint density at radius 2 is 1.20 bits per heavy atom. The fourth-order valence-corrected chi connectivity index (χ4v) is 7.63. The molecule has 2 aliphatic heterocycles. The highest BCUT2D eigenvalue weighted by atomic mass is 32.2. The number of ether oxygens (including phenoxy) is 1. The van der Waals surface area contributed by atoms with Crippen molar-refractivity contribution in [1.82, 2.24) is 31.7 Å². The molecule has 0 unspecified atom stereocenters. The van der Waals surface area contributed by atoms with Gasteiger partial charge in [-0.15, -0.1) is 0 Å². The Morgan fingerprint density at radius 1 is 0.709 bits per heavy atom. The van der Waals surface area contributed by atoms with Crippen molar-refractivity contribution in [2.45, 2.75) is 96.5 Å². The van der Waals surface area contributed by atoms with E-state index in [0.29, 0.717) is 12.8 Å². The Balaban J connectivity index is 1.49. The molecule has 2 aromatic rings. The normalized spacial score (nSPS) is 20.1. The number of hydrogen-bond acceptors (Lipinski definition) is 10. The number of sulfone groups is 1. The van der Waals surface area contributed by atoms with Crippen LogP contribution in [0.3, 0.4) is 0 Å². The van der Waals surface area contributed by atoms with E-state index in [1.54, 1.807) is 11.9 Å². The van der Waals surface area contributed by atoms with Crippen LogP contribution in [0.5, 0.6) is 0 Å². The number of amides is 4. The number of aryl methyl sites for hydroxylation is 1. The van der Waals surface area contributed by atoms with Gasteiger partial charge in [-0.25, -0.2) is 18.9 Å². The smallest absolute Gasteiger partial charge is 0.243 e. The van der Waals surface area contributed by atoms with Crippen LogP contribution in [-0.2, 0) is 51.4 Å². The Kier molecular flexibility index (Phi) is 15.9. The molecule has 15 heteroatoms. The number of benzene rings is 2. The zero-order chi connectivity index (χ0) is 40.2. The molecule has 2 aromatic carbocycles. The fraction of sp³-hybridized carbons (Fsp3) is 0.575. The molecule has 4 amide bonds. The van der Waals surface area contributed by atoms with Crippen LogP contribution < -0.4 is 26.7 Å². The summed E-state index contributed by atoms with van der Waals surface area (Å²) >= 11 is 0. The number of nitrogens with zero attached hydrogens (tertiary/aromatic N) is 1. The van der Waals surface area contributed by atoms with Crippen molar-refractivity contribution in [2.24, 2.45) is 11.8 Å². The van der Waals surface area contributed by atoms with Crippen molar-refractivity contribution >= 4 is 39.2 Å². The summed E-state index contributed by atoms with van der Waals surface area (Å²) in [6.45, 7) is 10.0. The van der Waals surface area contributed by atoms with Gasteiger partial charge < -0.3 is 26.0 Å². The van der Waals surface area contributed by atoms with Crippen molar-refractivity contribution in [3.05, 3.63) is 71.8 Å². The van der Waals surface area contributed by atoms with Gasteiger partial charge in [-0.3, -0.25) is 24.0 Å². The van der Waals surface area contributed by atoms with Gasteiger partial charge in [-0.2, -0.15) is 0 Å². The monoisotopic (exact) mass is 782 g/mol. The molecular formula is C40H58N6O8S. The van der Waals surface area contributed by atoms with E-state index in [1.807, 2.05) is 88.4 Å². The van der Waals surface area contributed by atoms with Gasteiger partial charge in [-0.1, -0.05) is 88.4 Å². The third kappa shape index (κ3) is 14.4. The second kappa shape index (κ2) is 20.1. The average molecular weight is 783 g/mol. The zero-order valence-corrected chi connectivity index (χ0v) is 33.5. The first-order chi connectivity index (χ1) is 26.0. The number of ketones is 1. The highest BCUT2D eigenvalue weighted by Gasteiger charge is 2.50. The molecule has 2 aliphatic rings. The minimum absolute atomic E-state index is 0.0120. The van der Waals surface area contributed by atoms with E-state index in [9.17, 15) is 32.4 Å². The van der Waals surface area contributed by atoms with Crippen LogP contribution in [0.4, 0.5) is 0 Å². The van der Waals surface area contributed by atoms with Gasteiger partial charge in [0.25, 0.3) is 0 Å². The van der Waals surface area contributed by atoms with Crippen LogP contribution in [-0.4, -0.2) is 110 Å². The van der Waals surface area contributed by atoms with Crippen molar-refractivity contribution < 1.29 is 37.1 Å². The molecule has 0 bridgehead atoms. The molecule has 0 spiro atoms. The second-order valence-electron chi connectivity index (χ2n) is 15.6. The number of hydrazine groups is 1. The predicted molar refractivity (Wildman–Crippen MR) is 209 cm³/mol. The van der Waals surface area contributed by atoms with Gasteiger partial charge in [0.05, 0.1) is 30.7 Å². The molecule has 2 heterocycles. The van der Waals surface area contributed by atoms with Crippen molar-refractivity contribution in [3.63, 3.8) is 0 Å². The van der Waals surface area contributed by atoms with Crippen LogP contribution in [0.2, 0.25) is 0 Å². The summed E-state index contributed by atoms with van der Waals surface area (Å²) in [5.41, 5.74) is 3.76. The number of hydrogen-bond donors (Lipinski definition) is 5. The van der Waals surface area contributed by atoms with Gasteiger partial charge in [0.1, 0.15) is 23.7 Å². The molecule has 0 aromatic heterocycles. The first-order valence-corrected chi connectivity index (χ1v) is 21.0. The van der Waals surface area contributed by atoms with Gasteiger partial charge in [0.15, 0.2) is 15.6 Å². The first-order valence-electron chi connectivity index (χ1n) is 19.2. The number of rotatable bonds is 21. The van der Waals surface area contributed by atoms with Crippen molar-refractivity contribution in [1.29, 1.82) is 0 Å². The van der Waals surface area contributed by atoms with Crippen molar-refractivity contribution in [2.75, 3.05) is 37.7 Å². The Bertz CT molecular complexity index is 1710. The summed E-state index contributed by atoms with van der Waals surface area (Å²) in [7, 11) is -3.10. The molecule has 0 aliphatic carbocycles. The summed E-state index contributed by atoms with van der Waals surface area (Å²) in [5, 5.41) is 13.1. The lowest BCUT2D eigenvalue weighted by Crippen LogP contribution is -2.59. The number of nitrogens with one attached hydrogen (secondary N) is 5. The lowest BCUT2D eigenvalue weighted by Gasteiger charge is -2.28. The fourth-order valence-electron chi connectivity index (χ4n) is 6.42. The minimum Gasteiger partial charge on any atom is -0.361 e. The Hall–Kier alpha value is -4.18. The highest BCUT2D eigenvalue weighted by molar-refractivity contribution is 7.91. The standard InChI is InChI=1S/C40H58N6O8S/c1-27(2)22-32(36(48)40(5)26-54-40)43-39(51)34(24-30-14-10-7-11-15-30)45-38(50)33(23-28(3)4)44-37(49)31(17-16-29-12-8-6-9-13-29)42-35(47)25-41-46-18-20-55(52,53)21-19-46/h6-15,27-28,31-34,41H,16-26H2,1-5H3,(H,42,47)(H,43,51)(H,44,49)(H,45,50)/t31-,32-,33-,34-,40+/m0/s1. The predicted octanol–water partition coefficient (Wildman–Crippen LogP) is 1.49. The van der Waals surface area contributed by atoms with Gasteiger partial charge in [0, 0.05) is 19.5 Å². The summed E-state index contributed by atoms with van der Waals surface area (Å²) in [4.78, 5) is 68.5. The number of carbonyl (C=O) groups is 5. The van der Waals surface area contributed by atoms with E-state index < -0.39 is 63.2 Å². The van der Waals surface area contributed by atoms with E-state index in [1.165, 1.54) is 0 Å². The Labute approximate surface area is 325 Å². The SMILES string of the molecule is CC(C)C[C@H](NC(=O)[C@H](CCc1ccccc1)NC(=O)CNN1CCS(=O)(=O)CC1)C(=O)N[C@@H](Cc1ccccc1)C(=O)N[C@@H](CC(C)C)C(=O)[C@@]1(C)CO1. The van der Waals surface area contributed by atoms with E-state index >= 15 is 0 Å². The van der Waals surface area contributed by atoms with E-state index in [4.69, 9.17) is 4.74 Å². The average Bonchev–Trinajstić information content (AvgIpc) is 3.90. The lowest BCUT2D eigenvalue weighted by atomic mass is 9.93. The van der Waals surface area contributed by atoms with E-state index in [-0.39, 0.29) is 74.6 Å². The number of epoxide rings is 1. The van der Waals surface area contributed by atoms with Crippen LogP contribution >= 0.6 is 0 Å². The molecule has 302 valence electrons. The van der Waals surface area contributed by atoms with Crippen LogP contribution in [0.1, 0.15) is 65.0 Å². The third-order valence-corrected chi connectivity index (χ3v) is 11.3. The summed E-state index contributed by atoms with van der Waals surface area (Å²) in [6, 6.07) is 14.8. The minimum atomic E-state index is -3.10. The number of Topliss-reactive ketones (excluding diaryl/α,β-unsaturated/α-hetero) is 1. The topological polar surface area (TPSA) is 195 Å². The molecule has 0 saturated carbocycles. The molecule has 4 rings (SSSR count). The van der Waals surface area contributed by atoms with Crippen molar-refractivity contribution in [3.8, 4) is 0 Å². The summed E-state index contributed by atoms with van der Waals surface area (Å²) in [6.07, 6.45) is 1.50. The molecule has 2 fully saturated rings. The van der Waals surface area contributed by atoms with Crippen LogP contribution in [0, 0.1) is 11.8 Å². The summed E-state index contributed by atoms with van der Waals surface area (Å²) in [5.74, 6) is -2.30. The molecule has 5 atom stereocenters. The largest absolute Gasteiger partial charge is 0.361 e. The quantitative estimate of drug-likeness (QED) is 0.116. The maximum absolute atomic E-state index is 14.1. The lowest BCUT2D eigenvalue weighted by molar-refractivity contribution is -0.135. The maximum Gasteiger partial charge on any atom is 0.243 e. The number of carbonyl (C=O) groups excluding carboxylic acids is 5. The summed E-state index contributed by atoms with van der Waals surface area (Å²) < 4.78 is 29.0. The van der Waals surface area contributed by atoms with Crippen LogP contribution in [0.25, 0.3) is 0 Å². The van der Waals surface area contributed by atoms with E-state index in [2.05, 4.69) is 26.7 Å². The molecule has 5 N–H and O–H groups in total. The highest BCUT2D eigenvalue weighted by Crippen LogP contribution is 2.29. The van der Waals surface area contributed by atoms with Gasteiger partial charge >= 0.3 is 0 Å². The molecule has 55 heavy (non-hydrogen) atoms. The van der Waals surface area contributed by atoms with E-state index in [0.717, 1.165) is 11.1 Å². The Morgan fingerprint density at radius 3 is 1.76 bits per heavy atom. The zero-order valence-electron chi connectivity index (χ0n) is 32.6. The van der Waals surface area contributed by atoms with Gasteiger partial charge in [0.2, 0.25) is 23.6 Å². The maximum atomic E-state index is 14.1. The molecule has 2 saturated heterocycles.